The van der Waals surface area contributed by atoms with Crippen molar-refractivity contribution in [1.82, 2.24) is 9.97 Å². The van der Waals surface area contributed by atoms with E-state index in [1.807, 2.05) is 20.8 Å². The second kappa shape index (κ2) is 3.18. The number of nitrogens with two attached hydrogens (primary N) is 1. The SMILES string of the molecule is CC(C)(C)c1nc(NN)cc(=O)[nH]1. The minimum atomic E-state index is -0.201. The second-order valence-corrected chi connectivity index (χ2v) is 3.87. The zero-order chi connectivity index (χ0) is 10.1. The molecule has 1 aromatic heterocycles. The van der Waals surface area contributed by atoms with Crippen LogP contribution in [-0.2, 0) is 5.41 Å². The van der Waals surface area contributed by atoms with E-state index in [9.17, 15) is 4.79 Å². The Labute approximate surface area is 76.4 Å². The molecular formula is C8H14N4O. The Balaban J connectivity index is 3.24. The highest BCUT2D eigenvalue weighted by molar-refractivity contribution is 5.31. The number of nitrogens with one attached hydrogen (secondary N) is 2. The number of nitrogens with zero attached hydrogens (tertiary/aromatic N) is 1. The van der Waals surface area contributed by atoms with Crippen LogP contribution in [0.3, 0.4) is 0 Å². The van der Waals surface area contributed by atoms with E-state index in [0.717, 1.165) is 0 Å². The number of hydrazine groups is 1. The van der Waals surface area contributed by atoms with Gasteiger partial charge in [-0.2, -0.15) is 0 Å². The molecule has 72 valence electrons. The van der Waals surface area contributed by atoms with Gasteiger partial charge >= 0.3 is 0 Å². The molecule has 5 nitrogen and oxygen atoms in total. The summed E-state index contributed by atoms with van der Waals surface area (Å²) in [7, 11) is 0. The van der Waals surface area contributed by atoms with Crippen LogP contribution in [0.2, 0.25) is 0 Å². The predicted octanol–water partition coefficient (Wildman–Crippen LogP) is 0.353. The number of aromatic nitrogens is 2. The molecule has 0 amide bonds. The normalized spacial score (nSPS) is 11.4. The van der Waals surface area contributed by atoms with Gasteiger partial charge in [-0.1, -0.05) is 20.8 Å². The van der Waals surface area contributed by atoms with Crippen molar-refractivity contribution >= 4 is 5.82 Å². The number of nitrogen functional groups attached to an aromatic ring is 1. The van der Waals surface area contributed by atoms with Crippen molar-refractivity contribution in [3.63, 3.8) is 0 Å². The van der Waals surface area contributed by atoms with Gasteiger partial charge in [0.05, 0.1) is 0 Å². The van der Waals surface area contributed by atoms with Crippen LogP contribution in [0.1, 0.15) is 26.6 Å². The molecular weight excluding hydrogens is 168 g/mol. The van der Waals surface area contributed by atoms with Crippen molar-refractivity contribution in [2.75, 3.05) is 5.43 Å². The molecule has 1 heterocycles. The summed E-state index contributed by atoms with van der Waals surface area (Å²) in [5.41, 5.74) is 1.96. The van der Waals surface area contributed by atoms with Crippen LogP contribution in [0.5, 0.6) is 0 Å². The van der Waals surface area contributed by atoms with Crippen LogP contribution in [0, 0.1) is 0 Å². The summed E-state index contributed by atoms with van der Waals surface area (Å²) in [6.07, 6.45) is 0. The van der Waals surface area contributed by atoms with Gasteiger partial charge in [-0.25, -0.2) is 10.8 Å². The highest BCUT2D eigenvalue weighted by Gasteiger charge is 2.17. The highest BCUT2D eigenvalue weighted by Crippen LogP contribution is 2.17. The van der Waals surface area contributed by atoms with E-state index < -0.39 is 0 Å². The molecule has 0 aliphatic heterocycles. The molecule has 0 unspecified atom stereocenters. The summed E-state index contributed by atoms with van der Waals surface area (Å²) in [6, 6.07) is 1.31. The molecule has 0 atom stereocenters. The van der Waals surface area contributed by atoms with E-state index in [1.54, 1.807) is 0 Å². The third-order valence-corrected chi connectivity index (χ3v) is 1.60. The van der Waals surface area contributed by atoms with Gasteiger partial charge in [0, 0.05) is 11.5 Å². The van der Waals surface area contributed by atoms with Gasteiger partial charge in [-0.05, 0) is 0 Å². The maximum absolute atomic E-state index is 11.1. The number of H-pyrrole nitrogens is 1. The van der Waals surface area contributed by atoms with Gasteiger partial charge < -0.3 is 10.4 Å². The first-order valence-corrected chi connectivity index (χ1v) is 4.02. The van der Waals surface area contributed by atoms with Crippen LogP contribution in [0.4, 0.5) is 5.82 Å². The Hall–Kier alpha value is -1.36. The topological polar surface area (TPSA) is 83.8 Å². The van der Waals surface area contributed by atoms with Gasteiger partial charge in [0.15, 0.2) is 0 Å². The molecule has 0 saturated carbocycles. The molecule has 0 bridgehead atoms. The molecule has 13 heavy (non-hydrogen) atoms. The molecule has 1 rings (SSSR count). The lowest BCUT2D eigenvalue weighted by molar-refractivity contribution is 0.543. The van der Waals surface area contributed by atoms with E-state index >= 15 is 0 Å². The first-order valence-electron chi connectivity index (χ1n) is 4.02. The fourth-order valence-corrected chi connectivity index (χ4v) is 0.887. The highest BCUT2D eigenvalue weighted by atomic mass is 16.1. The standard InChI is InChI=1S/C8H14N4O/c1-8(2,3)7-10-5(12-9)4-6(13)11-7/h4H,9H2,1-3H3,(H2,10,11,12,13). The van der Waals surface area contributed by atoms with E-state index in [1.165, 1.54) is 6.07 Å². The molecule has 0 spiro atoms. The summed E-state index contributed by atoms with van der Waals surface area (Å²) in [5, 5.41) is 0. The van der Waals surface area contributed by atoms with Gasteiger partial charge in [0.25, 0.3) is 5.56 Å². The van der Waals surface area contributed by atoms with E-state index in [4.69, 9.17) is 5.84 Å². The Morgan fingerprint density at radius 2 is 2.15 bits per heavy atom. The van der Waals surface area contributed by atoms with E-state index in [0.29, 0.717) is 11.6 Å². The molecule has 1 aromatic rings. The van der Waals surface area contributed by atoms with Crippen LogP contribution in [0.15, 0.2) is 10.9 Å². The van der Waals surface area contributed by atoms with Crippen molar-refractivity contribution in [2.45, 2.75) is 26.2 Å². The van der Waals surface area contributed by atoms with Gasteiger partial charge in [0.1, 0.15) is 11.6 Å². The smallest absolute Gasteiger partial charge is 0.253 e. The lowest BCUT2D eigenvalue weighted by atomic mass is 9.96. The summed E-state index contributed by atoms with van der Waals surface area (Å²) >= 11 is 0. The van der Waals surface area contributed by atoms with Gasteiger partial charge in [0.2, 0.25) is 0 Å². The number of anilines is 1. The number of aromatic amines is 1. The summed E-state index contributed by atoms with van der Waals surface area (Å²) in [5.74, 6) is 6.17. The van der Waals surface area contributed by atoms with Gasteiger partial charge in [-0.3, -0.25) is 4.79 Å². The maximum atomic E-state index is 11.1. The minimum absolute atomic E-state index is 0.188. The average Bonchev–Trinajstić information content (AvgIpc) is 2.01. The van der Waals surface area contributed by atoms with Crippen molar-refractivity contribution in [2.24, 2.45) is 5.84 Å². The molecule has 0 aromatic carbocycles. The summed E-state index contributed by atoms with van der Waals surface area (Å²) in [4.78, 5) is 17.9. The van der Waals surface area contributed by atoms with Crippen molar-refractivity contribution in [3.05, 3.63) is 22.2 Å². The number of hydrogen-bond donors (Lipinski definition) is 3. The monoisotopic (exact) mass is 182 g/mol. The van der Waals surface area contributed by atoms with Crippen molar-refractivity contribution < 1.29 is 0 Å². The Morgan fingerprint density at radius 3 is 2.62 bits per heavy atom. The zero-order valence-electron chi connectivity index (χ0n) is 8.01. The maximum Gasteiger partial charge on any atom is 0.253 e. The van der Waals surface area contributed by atoms with Crippen molar-refractivity contribution in [3.8, 4) is 0 Å². The van der Waals surface area contributed by atoms with E-state index in [-0.39, 0.29) is 11.0 Å². The molecule has 5 heteroatoms. The summed E-state index contributed by atoms with van der Waals surface area (Å²) in [6.45, 7) is 5.89. The largest absolute Gasteiger partial charge is 0.310 e. The van der Waals surface area contributed by atoms with E-state index in [2.05, 4.69) is 15.4 Å². The average molecular weight is 182 g/mol. The Bertz CT molecular complexity index is 350. The predicted molar refractivity (Wildman–Crippen MR) is 51.4 cm³/mol. The third kappa shape index (κ3) is 2.29. The first-order chi connectivity index (χ1) is 5.93. The van der Waals surface area contributed by atoms with Crippen LogP contribution in [-0.4, -0.2) is 9.97 Å². The number of rotatable bonds is 1. The molecule has 4 N–H and O–H groups in total. The van der Waals surface area contributed by atoms with Crippen LogP contribution < -0.4 is 16.8 Å². The van der Waals surface area contributed by atoms with Crippen molar-refractivity contribution in [1.29, 1.82) is 0 Å². The number of hydrogen-bond acceptors (Lipinski definition) is 4. The molecule has 0 aliphatic rings. The first kappa shape index (κ1) is 9.73. The molecule has 0 fully saturated rings. The summed E-state index contributed by atoms with van der Waals surface area (Å²) < 4.78 is 0. The zero-order valence-corrected chi connectivity index (χ0v) is 8.01. The lowest BCUT2D eigenvalue weighted by Crippen LogP contribution is -2.23. The minimum Gasteiger partial charge on any atom is -0.310 e. The Kier molecular flexibility index (Phi) is 2.38. The molecule has 0 saturated heterocycles. The van der Waals surface area contributed by atoms with Crippen LogP contribution >= 0.6 is 0 Å². The molecule has 0 aliphatic carbocycles. The quantitative estimate of drug-likeness (QED) is 0.432. The van der Waals surface area contributed by atoms with Gasteiger partial charge in [-0.15, -0.1) is 0 Å². The fourth-order valence-electron chi connectivity index (χ4n) is 0.887. The third-order valence-electron chi connectivity index (χ3n) is 1.60. The molecule has 0 radical (unpaired) electrons. The lowest BCUT2D eigenvalue weighted by Gasteiger charge is -2.17. The second-order valence-electron chi connectivity index (χ2n) is 3.87. The Morgan fingerprint density at radius 1 is 1.54 bits per heavy atom. The van der Waals surface area contributed by atoms with Crippen LogP contribution in [0.25, 0.3) is 0 Å². The fraction of sp³-hybridized carbons (Fsp3) is 0.500.